The minimum Gasteiger partial charge on any atom is -0.510 e. The fourth-order valence-corrected chi connectivity index (χ4v) is 11.0. The average molecular weight is 962 g/mol. The smallest absolute Gasteiger partial charge is 0.255 e. The normalized spacial score (nSPS) is 33.3. The molecule has 6 aliphatic carbocycles. The molecule has 10 atom stereocenters. The molecule has 0 aromatic heterocycles. The number of aliphatic hydroxyl groups excluding tert-OH is 4. The second-order valence-electron chi connectivity index (χ2n) is 17.9. The van der Waals surface area contributed by atoms with Gasteiger partial charge in [0.1, 0.15) is 45.7 Å². The number of phenols is 2. The molecule has 0 saturated carbocycles. The first kappa shape index (κ1) is 51.1. The van der Waals surface area contributed by atoms with Gasteiger partial charge in [0, 0.05) is 34.8 Å². The standard InChI is InChI=1S/2C22H24N2O8.2ClH/c2*1-21(31)8-5-4-6-11(25)12(8)16(26)13-9(21)7-10-15(24(2)3)17(27)14(20(23)30)19(29)22(10,32)18(13)28;;/h2*4-6,9-10,15,25,27-28,31-32H,7H2,1-3H3,(H2,23,30);2*1H/t9?,10-,15+,21+,22-;9-,10-,15-,21+,22-;;/m00../s1. The van der Waals surface area contributed by atoms with Crippen molar-refractivity contribution in [3.8, 4) is 11.5 Å². The highest BCUT2D eigenvalue weighted by Gasteiger charge is 2.67. The number of Topliss-reactive ketones (excluding diaryl/α,β-unsaturated/α-hetero) is 4. The molecule has 8 rings (SSSR count). The topological polar surface area (TPSA) is 363 Å². The molecule has 2 amide bonds. The van der Waals surface area contributed by atoms with E-state index in [1.54, 1.807) is 0 Å². The van der Waals surface area contributed by atoms with Crippen LogP contribution in [-0.2, 0) is 30.4 Å². The van der Waals surface area contributed by atoms with Crippen molar-refractivity contribution in [2.45, 2.75) is 61.2 Å². The predicted molar refractivity (Wildman–Crippen MR) is 234 cm³/mol. The molecule has 22 heteroatoms. The average Bonchev–Trinajstić information content (AvgIpc) is 3.18. The number of carbonyl (C=O) groups excluding carboxylic acids is 6. The first-order valence-electron chi connectivity index (χ1n) is 19.9. The van der Waals surface area contributed by atoms with E-state index in [0.717, 1.165) is 0 Å². The van der Waals surface area contributed by atoms with E-state index in [9.17, 15) is 79.8 Å². The molecule has 0 spiro atoms. The summed E-state index contributed by atoms with van der Waals surface area (Å²) in [6.45, 7) is 2.81. The first-order valence-corrected chi connectivity index (χ1v) is 19.9. The third kappa shape index (κ3) is 6.56. The molecule has 0 heterocycles. The van der Waals surface area contributed by atoms with Crippen LogP contribution >= 0.6 is 24.8 Å². The van der Waals surface area contributed by atoms with Gasteiger partial charge in [-0.1, -0.05) is 24.3 Å². The van der Waals surface area contributed by atoms with Gasteiger partial charge in [-0.2, -0.15) is 0 Å². The zero-order valence-corrected chi connectivity index (χ0v) is 37.8. The van der Waals surface area contributed by atoms with E-state index in [1.165, 1.54) is 88.2 Å². The Morgan fingerprint density at radius 3 is 1.15 bits per heavy atom. The molecule has 0 radical (unpaired) electrons. The van der Waals surface area contributed by atoms with E-state index in [1.807, 2.05) is 0 Å². The zero-order chi connectivity index (χ0) is 47.8. The fraction of sp³-hybridized carbons (Fsp3) is 0.409. The Morgan fingerprint density at radius 1 is 0.576 bits per heavy atom. The molecule has 6 aliphatic rings. The summed E-state index contributed by atoms with van der Waals surface area (Å²) < 4.78 is 0. The molecule has 1 unspecified atom stereocenters. The molecule has 0 aliphatic heterocycles. The number of fused-ring (bicyclic) bond motifs is 6. The number of benzene rings is 2. The third-order valence-electron chi connectivity index (χ3n) is 14.0. The van der Waals surface area contributed by atoms with E-state index in [2.05, 4.69) is 0 Å². The van der Waals surface area contributed by atoms with Crippen molar-refractivity contribution in [3.05, 3.63) is 104 Å². The van der Waals surface area contributed by atoms with Crippen molar-refractivity contribution >= 4 is 59.8 Å². The van der Waals surface area contributed by atoms with Gasteiger partial charge in [0.05, 0.1) is 34.4 Å². The van der Waals surface area contributed by atoms with Crippen molar-refractivity contribution in [2.75, 3.05) is 28.2 Å². The lowest BCUT2D eigenvalue weighted by molar-refractivity contribution is -0.152. The third-order valence-corrected chi connectivity index (χ3v) is 14.0. The van der Waals surface area contributed by atoms with E-state index in [4.69, 9.17) is 11.5 Å². The number of nitrogens with two attached hydrogens (primary N) is 2. The zero-order valence-electron chi connectivity index (χ0n) is 36.1. The van der Waals surface area contributed by atoms with Crippen LogP contribution in [0.25, 0.3) is 0 Å². The highest BCUT2D eigenvalue weighted by molar-refractivity contribution is 6.26. The van der Waals surface area contributed by atoms with E-state index in [0.29, 0.717) is 0 Å². The summed E-state index contributed by atoms with van der Waals surface area (Å²) in [6.07, 6.45) is -0.400. The Bertz CT molecular complexity index is 2490. The van der Waals surface area contributed by atoms with Gasteiger partial charge in [-0.25, -0.2) is 0 Å². The summed E-state index contributed by atoms with van der Waals surface area (Å²) in [6, 6.07) is 6.10. The molecule has 356 valence electrons. The van der Waals surface area contributed by atoms with Crippen LogP contribution in [0.1, 0.15) is 58.5 Å². The number of primary amides is 2. The van der Waals surface area contributed by atoms with Crippen molar-refractivity contribution in [2.24, 2.45) is 35.1 Å². The van der Waals surface area contributed by atoms with Crippen molar-refractivity contribution in [3.63, 3.8) is 0 Å². The number of amides is 2. The van der Waals surface area contributed by atoms with Crippen LogP contribution < -0.4 is 11.5 Å². The number of likely N-dealkylation sites (N-methyl/N-ethyl adjacent to an activating group) is 2. The molecule has 14 N–H and O–H groups in total. The van der Waals surface area contributed by atoms with Gasteiger partial charge in [0.15, 0.2) is 22.8 Å². The van der Waals surface area contributed by atoms with Gasteiger partial charge < -0.3 is 62.5 Å². The fourth-order valence-electron chi connectivity index (χ4n) is 11.0. The summed E-state index contributed by atoms with van der Waals surface area (Å²) in [5.41, 5.74) is -1.31. The number of hydrogen-bond donors (Lipinski definition) is 12. The van der Waals surface area contributed by atoms with Crippen LogP contribution in [-0.4, -0.2) is 147 Å². The maximum atomic E-state index is 13.3. The second kappa shape index (κ2) is 16.5. The largest absolute Gasteiger partial charge is 0.510 e. The van der Waals surface area contributed by atoms with E-state index in [-0.39, 0.29) is 59.9 Å². The van der Waals surface area contributed by atoms with Gasteiger partial charge in [0.25, 0.3) is 11.8 Å². The van der Waals surface area contributed by atoms with Crippen LogP contribution in [0.2, 0.25) is 0 Å². The Kier molecular flexibility index (Phi) is 12.8. The lowest BCUT2D eigenvalue weighted by atomic mass is 9.55. The van der Waals surface area contributed by atoms with E-state index < -0.39 is 150 Å². The summed E-state index contributed by atoms with van der Waals surface area (Å²) in [4.78, 5) is 79.7. The lowest BCUT2D eigenvalue weighted by Gasteiger charge is -2.52. The SMILES string of the molecule is CN(C)[C@@H]1C(O)=C(C(N)=O)C(=O)[C@@]2(O)C(O)=C3C(=O)c4c(O)cccc4[C@@](C)(O)[C@H]3C[C@@H]12.CN(C)[C@H]1C(O)=C(C(N)=O)C(=O)[C@@]2(O)C(O)=C3C(=O)c4c(O)cccc4[C@@](C)(O)C3C[C@@H]12.Cl.Cl. The molecule has 0 bridgehead atoms. The van der Waals surface area contributed by atoms with Gasteiger partial charge in [0.2, 0.25) is 11.6 Å². The predicted octanol–water partition coefficient (Wildman–Crippen LogP) is 0.415. The van der Waals surface area contributed by atoms with E-state index >= 15 is 0 Å². The van der Waals surface area contributed by atoms with Crippen molar-refractivity contribution in [1.29, 1.82) is 0 Å². The highest BCUT2D eigenvalue weighted by Crippen LogP contribution is 2.58. The number of ketones is 4. The molecule has 0 saturated heterocycles. The monoisotopic (exact) mass is 960 g/mol. The minimum atomic E-state index is -2.75. The maximum absolute atomic E-state index is 13.3. The number of carbonyl (C=O) groups is 6. The van der Waals surface area contributed by atoms with Crippen molar-refractivity contribution in [1.82, 2.24) is 9.80 Å². The molecule has 2 aromatic rings. The Morgan fingerprint density at radius 2 is 0.879 bits per heavy atom. The van der Waals surface area contributed by atoms with Gasteiger partial charge in [-0.15, -0.1) is 24.8 Å². The first-order chi connectivity index (χ1) is 29.5. The highest BCUT2D eigenvalue weighted by atomic mass is 35.5. The molecular weight excluding hydrogens is 911 g/mol. The molecular formula is C44H50Cl2N4O16. The number of phenolic OH excluding ortho intramolecular Hbond substituents is 2. The Hall–Kier alpha value is -5.84. The van der Waals surface area contributed by atoms with Gasteiger partial charge in [-0.05, 0) is 78.1 Å². The van der Waals surface area contributed by atoms with Gasteiger partial charge in [-0.3, -0.25) is 38.6 Å². The second-order valence-corrected chi connectivity index (χ2v) is 17.9. The summed E-state index contributed by atoms with van der Waals surface area (Å²) in [5.74, 6) is -15.8. The summed E-state index contributed by atoms with van der Waals surface area (Å²) in [5, 5.41) is 110. The number of aliphatic hydroxyl groups is 8. The molecule has 20 nitrogen and oxygen atoms in total. The number of hydrogen-bond acceptors (Lipinski definition) is 18. The number of nitrogens with zero attached hydrogens (tertiary/aromatic N) is 2. The summed E-state index contributed by atoms with van der Waals surface area (Å²) in [7, 11) is 6.12. The molecule has 0 fully saturated rings. The Balaban J connectivity index is 0.000000240. The van der Waals surface area contributed by atoms with Crippen LogP contribution in [0.3, 0.4) is 0 Å². The van der Waals surface area contributed by atoms with Crippen LogP contribution in [0.15, 0.2) is 81.7 Å². The number of rotatable bonds is 4. The number of aromatic hydroxyl groups is 2. The van der Waals surface area contributed by atoms with Crippen LogP contribution in [0.5, 0.6) is 11.5 Å². The molecule has 66 heavy (non-hydrogen) atoms. The lowest BCUT2D eigenvalue weighted by Crippen LogP contribution is -2.65. The number of halogens is 2. The van der Waals surface area contributed by atoms with Crippen molar-refractivity contribution < 1.29 is 79.8 Å². The quantitative estimate of drug-likeness (QED) is 0.185. The Labute approximate surface area is 388 Å². The maximum Gasteiger partial charge on any atom is 0.255 e. The van der Waals surface area contributed by atoms with Crippen LogP contribution in [0.4, 0.5) is 0 Å². The van der Waals surface area contributed by atoms with Crippen LogP contribution in [0, 0.1) is 23.7 Å². The molecule has 2 aromatic carbocycles. The van der Waals surface area contributed by atoms with Gasteiger partial charge >= 0.3 is 0 Å². The summed E-state index contributed by atoms with van der Waals surface area (Å²) >= 11 is 0. The minimum absolute atomic E-state index is 0.